The zero-order chi connectivity index (χ0) is 16.0. The standard InChI is InChI=1S/C18H30N2O/c1-7-20(6)17(21)14(2)19-16(13-18(3,4)5)15-11-9-8-10-12-15/h8-12,14,16,19H,7,13H2,1-6H3. The summed E-state index contributed by atoms with van der Waals surface area (Å²) in [6.45, 7) is 11.4. The predicted octanol–water partition coefficient (Wildman–Crippen LogP) is 3.62. The first-order valence-corrected chi connectivity index (χ1v) is 7.80. The number of carbonyl (C=O) groups excluding carboxylic acids is 1. The highest BCUT2D eigenvalue weighted by Gasteiger charge is 2.25. The molecular formula is C18H30N2O. The summed E-state index contributed by atoms with van der Waals surface area (Å²) in [7, 11) is 1.85. The lowest BCUT2D eigenvalue weighted by atomic mass is 9.85. The van der Waals surface area contributed by atoms with Gasteiger partial charge in [0.25, 0.3) is 0 Å². The molecule has 0 bridgehead atoms. The van der Waals surface area contributed by atoms with Gasteiger partial charge in [0.1, 0.15) is 0 Å². The molecule has 2 unspecified atom stereocenters. The van der Waals surface area contributed by atoms with Gasteiger partial charge in [0.15, 0.2) is 0 Å². The number of benzene rings is 1. The first-order chi connectivity index (χ1) is 9.74. The van der Waals surface area contributed by atoms with Crippen molar-refractivity contribution in [3.63, 3.8) is 0 Å². The number of hydrogen-bond donors (Lipinski definition) is 1. The van der Waals surface area contributed by atoms with E-state index in [9.17, 15) is 4.79 Å². The van der Waals surface area contributed by atoms with Gasteiger partial charge in [0.05, 0.1) is 6.04 Å². The lowest BCUT2D eigenvalue weighted by molar-refractivity contribution is -0.131. The van der Waals surface area contributed by atoms with Crippen LogP contribution in [-0.4, -0.2) is 30.4 Å². The van der Waals surface area contributed by atoms with Crippen LogP contribution in [-0.2, 0) is 4.79 Å². The fraction of sp³-hybridized carbons (Fsp3) is 0.611. The van der Waals surface area contributed by atoms with Crippen molar-refractivity contribution in [3.8, 4) is 0 Å². The summed E-state index contributed by atoms with van der Waals surface area (Å²) >= 11 is 0. The molecule has 118 valence electrons. The molecule has 0 saturated carbocycles. The number of carbonyl (C=O) groups is 1. The Morgan fingerprint density at radius 1 is 1.24 bits per heavy atom. The average Bonchev–Trinajstić information content (AvgIpc) is 2.44. The average molecular weight is 290 g/mol. The topological polar surface area (TPSA) is 32.3 Å². The molecule has 0 radical (unpaired) electrons. The molecule has 0 aromatic heterocycles. The third-order valence-electron chi connectivity index (χ3n) is 3.69. The zero-order valence-corrected chi connectivity index (χ0v) is 14.3. The van der Waals surface area contributed by atoms with Gasteiger partial charge in [-0.15, -0.1) is 0 Å². The second-order valence-corrected chi connectivity index (χ2v) is 6.97. The molecule has 0 saturated heterocycles. The maximum Gasteiger partial charge on any atom is 0.239 e. The summed E-state index contributed by atoms with van der Waals surface area (Å²) in [5.41, 5.74) is 1.44. The van der Waals surface area contributed by atoms with Gasteiger partial charge in [-0.3, -0.25) is 10.1 Å². The first kappa shape index (κ1) is 17.7. The van der Waals surface area contributed by atoms with E-state index in [1.165, 1.54) is 5.56 Å². The normalized spacial score (nSPS) is 14.6. The molecule has 1 N–H and O–H groups in total. The number of amides is 1. The molecule has 0 heterocycles. The Morgan fingerprint density at radius 2 is 1.81 bits per heavy atom. The third-order valence-corrected chi connectivity index (χ3v) is 3.69. The van der Waals surface area contributed by atoms with Crippen LogP contribution in [0.25, 0.3) is 0 Å². The Balaban J connectivity index is 2.86. The van der Waals surface area contributed by atoms with Crippen molar-refractivity contribution in [3.05, 3.63) is 35.9 Å². The van der Waals surface area contributed by atoms with Gasteiger partial charge >= 0.3 is 0 Å². The van der Waals surface area contributed by atoms with Gasteiger partial charge in [0.2, 0.25) is 5.91 Å². The van der Waals surface area contributed by atoms with E-state index in [1.807, 2.05) is 27.0 Å². The summed E-state index contributed by atoms with van der Waals surface area (Å²) in [5.74, 6) is 0.146. The van der Waals surface area contributed by atoms with E-state index in [2.05, 4.69) is 50.4 Å². The monoisotopic (exact) mass is 290 g/mol. The number of nitrogens with zero attached hydrogens (tertiary/aromatic N) is 1. The smallest absolute Gasteiger partial charge is 0.239 e. The molecule has 3 nitrogen and oxygen atoms in total. The fourth-order valence-corrected chi connectivity index (χ4v) is 2.43. The molecule has 1 aromatic rings. The van der Waals surface area contributed by atoms with Crippen LogP contribution in [0.2, 0.25) is 0 Å². The van der Waals surface area contributed by atoms with Crippen molar-refractivity contribution in [1.82, 2.24) is 10.2 Å². The van der Waals surface area contributed by atoms with E-state index in [4.69, 9.17) is 0 Å². The number of rotatable bonds is 6. The number of likely N-dealkylation sites (N-methyl/N-ethyl adjacent to an activating group) is 1. The summed E-state index contributed by atoms with van der Waals surface area (Å²) in [6, 6.07) is 10.4. The second-order valence-electron chi connectivity index (χ2n) is 6.97. The van der Waals surface area contributed by atoms with E-state index >= 15 is 0 Å². The molecule has 3 heteroatoms. The van der Waals surface area contributed by atoms with Crippen LogP contribution in [0.5, 0.6) is 0 Å². The van der Waals surface area contributed by atoms with Gasteiger partial charge in [-0.1, -0.05) is 51.1 Å². The van der Waals surface area contributed by atoms with Crippen LogP contribution in [0.1, 0.15) is 52.6 Å². The van der Waals surface area contributed by atoms with Crippen LogP contribution in [0.15, 0.2) is 30.3 Å². The summed E-state index contributed by atoms with van der Waals surface area (Å²) in [6.07, 6.45) is 0.991. The van der Waals surface area contributed by atoms with Crippen molar-refractivity contribution in [2.75, 3.05) is 13.6 Å². The van der Waals surface area contributed by atoms with Crippen LogP contribution in [0.3, 0.4) is 0 Å². The van der Waals surface area contributed by atoms with Crippen LogP contribution in [0.4, 0.5) is 0 Å². The van der Waals surface area contributed by atoms with E-state index < -0.39 is 0 Å². The Labute approximate surface area is 129 Å². The molecule has 0 aliphatic rings. The molecule has 1 amide bonds. The van der Waals surface area contributed by atoms with Gasteiger partial charge in [-0.25, -0.2) is 0 Å². The van der Waals surface area contributed by atoms with Crippen LogP contribution in [0, 0.1) is 5.41 Å². The minimum Gasteiger partial charge on any atom is -0.345 e. The highest BCUT2D eigenvalue weighted by Crippen LogP contribution is 2.29. The Bertz CT molecular complexity index is 436. The SMILES string of the molecule is CCN(C)C(=O)C(C)NC(CC(C)(C)C)c1ccccc1. The van der Waals surface area contributed by atoms with Crippen LogP contribution >= 0.6 is 0 Å². The fourth-order valence-electron chi connectivity index (χ4n) is 2.43. The molecule has 0 aliphatic heterocycles. The summed E-state index contributed by atoms with van der Waals surface area (Å²) in [5, 5.41) is 3.51. The van der Waals surface area contributed by atoms with Crippen molar-refractivity contribution in [2.45, 2.75) is 53.1 Å². The minimum absolute atomic E-state index is 0.146. The van der Waals surface area contributed by atoms with Gasteiger partial charge in [-0.2, -0.15) is 0 Å². The molecule has 0 aliphatic carbocycles. The molecule has 2 atom stereocenters. The molecule has 1 rings (SSSR count). The lowest BCUT2D eigenvalue weighted by Gasteiger charge is -2.30. The Hall–Kier alpha value is -1.35. The highest BCUT2D eigenvalue weighted by molar-refractivity contribution is 5.81. The largest absolute Gasteiger partial charge is 0.345 e. The molecular weight excluding hydrogens is 260 g/mol. The van der Waals surface area contributed by atoms with E-state index in [-0.39, 0.29) is 23.4 Å². The van der Waals surface area contributed by atoms with Crippen LogP contribution < -0.4 is 5.32 Å². The second kappa shape index (κ2) is 7.60. The number of nitrogens with one attached hydrogen (secondary N) is 1. The van der Waals surface area contributed by atoms with Crippen molar-refractivity contribution in [1.29, 1.82) is 0 Å². The number of hydrogen-bond acceptors (Lipinski definition) is 2. The van der Waals surface area contributed by atoms with Crippen molar-refractivity contribution < 1.29 is 4.79 Å². The summed E-state index contributed by atoms with van der Waals surface area (Å²) < 4.78 is 0. The Morgan fingerprint density at radius 3 is 2.29 bits per heavy atom. The first-order valence-electron chi connectivity index (χ1n) is 7.80. The maximum atomic E-state index is 12.3. The van der Waals surface area contributed by atoms with E-state index in [0.717, 1.165) is 13.0 Å². The van der Waals surface area contributed by atoms with Crippen molar-refractivity contribution >= 4 is 5.91 Å². The summed E-state index contributed by atoms with van der Waals surface area (Å²) in [4.78, 5) is 14.0. The molecule has 0 spiro atoms. The predicted molar refractivity (Wildman–Crippen MR) is 89.2 cm³/mol. The third kappa shape index (κ3) is 5.88. The molecule has 21 heavy (non-hydrogen) atoms. The van der Waals surface area contributed by atoms with Crippen molar-refractivity contribution in [2.24, 2.45) is 5.41 Å². The highest BCUT2D eigenvalue weighted by atomic mass is 16.2. The van der Waals surface area contributed by atoms with Gasteiger partial charge in [0, 0.05) is 19.6 Å². The van der Waals surface area contributed by atoms with E-state index in [0.29, 0.717) is 0 Å². The van der Waals surface area contributed by atoms with Gasteiger partial charge < -0.3 is 4.90 Å². The van der Waals surface area contributed by atoms with Gasteiger partial charge in [-0.05, 0) is 31.2 Å². The maximum absolute atomic E-state index is 12.3. The quantitative estimate of drug-likeness (QED) is 0.868. The zero-order valence-electron chi connectivity index (χ0n) is 14.3. The molecule has 1 aromatic carbocycles. The Kier molecular flexibility index (Phi) is 6.41. The lowest BCUT2D eigenvalue weighted by Crippen LogP contribution is -2.45. The minimum atomic E-state index is -0.178. The molecule has 0 fully saturated rings. The van der Waals surface area contributed by atoms with E-state index in [1.54, 1.807) is 4.90 Å².